The van der Waals surface area contributed by atoms with Crippen LogP contribution < -0.4 is 14.4 Å². The Morgan fingerprint density at radius 2 is 1.59 bits per heavy atom. The topological polar surface area (TPSA) is 88.9 Å². The van der Waals surface area contributed by atoms with Gasteiger partial charge in [-0.2, -0.15) is 0 Å². The van der Waals surface area contributed by atoms with E-state index in [1.165, 1.54) is 4.31 Å². The van der Waals surface area contributed by atoms with Gasteiger partial charge in [-0.1, -0.05) is 42.0 Å². The van der Waals surface area contributed by atoms with Gasteiger partial charge < -0.3 is 14.5 Å². The molecule has 0 spiro atoms. The summed E-state index contributed by atoms with van der Waals surface area (Å²) < 4.78 is 40.5. The fraction of sp³-hybridized carbons (Fsp3) is 0.138. The first-order chi connectivity index (χ1) is 17.8. The summed E-state index contributed by atoms with van der Waals surface area (Å²) in [5.41, 5.74) is 4.19. The van der Waals surface area contributed by atoms with Gasteiger partial charge >= 0.3 is 0 Å². The maximum atomic E-state index is 13.6. The average Bonchev–Trinajstić information content (AvgIpc) is 3.25. The van der Waals surface area contributed by atoms with Crippen molar-refractivity contribution in [2.45, 2.75) is 24.8 Å². The Hall–Kier alpha value is -4.30. The number of nitrogens with one attached hydrogen (secondary N) is 1. The smallest absolute Gasteiger partial charge is 0.267 e. The van der Waals surface area contributed by atoms with Crippen LogP contribution in [-0.4, -0.2) is 27.0 Å². The Balaban J connectivity index is 1.32. The van der Waals surface area contributed by atoms with Crippen LogP contribution >= 0.6 is 0 Å². The second-order valence-electron chi connectivity index (χ2n) is 9.23. The van der Waals surface area contributed by atoms with Crippen LogP contribution in [0, 0.1) is 13.8 Å². The van der Waals surface area contributed by atoms with Gasteiger partial charge in [0.05, 0.1) is 17.1 Å². The van der Waals surface area contributed by atoms with Crippen LogP contribution in [0.4, 0.5) is 11.4 Å². The lowest BCUT2D eigenvalue weighted by Gasteiger charge is -2.35. The standard InChI is InChI=1S/C29H24N2O5S/c1-18-7-11-21(12-8-18)37(33,34)31-17-28(36-27-15-19(2)9-14-24(27)31)29(32)30-20-10-13-23-22-5-3-4-6-25(22)35-26(23)16-20/h3-16,28H,17H2,1-2H3,(H,30,32)/t28-/m1/s1. The number of aryl methyl sites for hydroxylation is 2. The molecule has 0 radical (unpaired) electrons. The summed E-state index contributed by atoms with van der Waals surface area (Å²) >= 11 is 0. The van der Waals surface area contributed by atoms with Crippen LogP contribution in [0.25, 0.3) is 21.9 Å². The molecule has 1 aliphatic heterocycles. The molecular formula is C29H24N2O5S. The highest BCUT2D eigenvalue weighted by Gasteiger charge is 2.37. The number of benzene rings is 4. The zero-order chi connectivity index (χ0) is 25.7. The third kappa shape index (κ3) is 4.09. The number of nitrogens with zero attached hydrogens (tertiary/aromatic N) is 1. The minimum atomic E-state index is -3.93. The number of anilines is 2. The van der Waals surface area contributed by atoms with E-state index in [9.17, 15) is 13.2 Å². The van der Waals surface area contributed by atoms with Crippen molar-refractivity contribution in [3.63, 3.8) is 0 Å². The van der Waals surface area contributed by atoms with Gasteiger partial charge in [-0.05, 0) is 61.9 Å². The zero-order valence-corrected chi connectivity index (χ0v) is 21.1. The quantitative estimate of drug-likeness (QED) is 0.329. The number of fused-ring (bicyclic) bond motifs is 4. The number of hydrogen-bond donors (Lipinski definition) is 1. The first kappa shape index (κ1) is 23.1. The minimum absolute atomic E-state index is 0.154. The molecule has 0 saturated carbocycles. The van der Waals surface area contributed by atoms with Gasteiger partial charge in [-0.25, -0.2) is 8.42 Å². The predicted molar refractivity (Wildman–Crippen MR) is 144 cm³/mol. The highest BCUT2D eigenvalue weighted by atomic mass is 32.2. The second kappa shape index (κ2) is 8.67. The van der Waals surface area contributed by atoms with Crippen LogP contribution in [0.1, 0.15) is 11.1 Å². The van der Waals surface area contributed by atoms with Gasteiger partial charge in [-0.15, -0.1) is 0 Å². The number of ether oxygens (including phenoxy) is 1. The third-order valence-corrected chi connectivity index (χ3v) is 8.33. The molecule has 5 aromatic rings. The number of para-hydroxylation sites is 1. The van der Waals surface area contributed by atoms with E-state index in [2.05, 4.69) is 5.32 Å². The summed E-state index contributed by atoms with van der Waals surface area (Å²) in [5, 5.41) is 4.81. The number of sulfonamides is 1. The highest BCUT2D eigenvalue weighted by molar-refractivity contribution is 7.92. The van der Waals surface area contributed by atoms with Crippen LogP contribution in [0.15, 0.2) is 94.2 Å². The molecular weight excluding hydrogens is 488 g/mol. The van der Waals surface area contributed by atoms with Gasteiger partial charge in [0.15, 0.2) is 6.10 Å². The Bertz CT molecular complexity index is 1770. The Morgan fingerprint density at radius 1 is 0.865 bits per heavy atom. The van der Waals surface area contributed by atoms with Crippen LogP contribution in [0.5, 0.6) is 5.75 Å². The molecule has 1 amide bonds. The lowest BCUT2D eigenvalue weighted by Crippen LogP contribution is -2.48. The van der Waals surface area contributed by atoms with Gasteiger partial charge in [0.1, 0.15) is 16.9 Å². The Labute approximate surface area is 214 Å². The van der Waals surface area contributed by atoms with E-state index in [1.54, 1.807) is 48.5 Å². The summed E-state index contributed by atoms with van der Waals surface area (Å²) in [5.74, 6) is -0.110. The van der Waals surface area contributed by atoms with Crippen molar-refractivity contribution in [1.29, 1.82) is 0 Å². The first-order valence-corrected chi connectivity index (χ1v) is 13.3. The molecule has 1 aliphatic rings. The Morgan fingerprint density at radius 3 is 2.41 bits per heavy atom. The molecule has 186 valence electrons. The van der Waals surface area contributed by atoms with Crippen molar-refractivity contribution in [2.24, 2.45) is 0 Å². The summed E-state index contributed by atoms with van der Waals surface area (Å²) in [7, 11) is -3.93. The number of carbonyl (C=O) groups excluding carboxylic acids is 1. The van der Waals surface area contributed by atoms with Gasteiger partial charge in [0.2, 0.25) is 0 Å². The van der Waals surface area contributed by atoms with Gasteiger partial charge in [-0.3, -0.25) is 9.10 Å². The number of furan rings is 1. The molecule has 4 aromatic carbocycles. The molecule has 0 aliphatic carbocycles. The van der Waals surface area contributed by atoms with Crippen molar-refractivity contribution in [3.8, 4) is 5.75 Å². The van der Waals surface area contributed by atoms with E-state index in [4.69, 9.17) is 9.15 Å². The van der Waals surface area contributed by atoms with Crippen molar-refractivity contribution < 1.29 is 22.4 Å². The molecule has 7 nitrogen and oxygen atoms in total. The third-order valence-electron chi connectivity index (χ3n) is 6.53. The molecule has 0 bridgehead atoms. The lowest BCUT2D eigenvalue weighted by atomic mass is 10.1. The molecule has 1 N–H and O–H groups in total. The monoisotopic (exact) mass is 512 g/mol. The average molecular weight is 513 g/mol. The van der Waals surface area contributed by atoms with Crippen LogP contribution in [0.2, 0.25) is 0 Å². The molecule has 1 aromatic heterocycles. The molecule has 37 heavy (non-hydrogen) atoms. The molecule has 0 saturated heterocycles. The fourth-order valence-electron chi connectivity index (χ4n) is 4.59. The maximum absolute atomic E-state index is 13.6. The summed E-state index contributed by atoms with van der Waals surface area (Å²) in [6.07, 6.45) is -1.05. The summed E-state index contributed by atoms with van der Waals surface area (Å²) in [6, 6.07) is 25.1. The number of carbonyl (C=O) groups is 1. The van der Waals surface area contributed by atoms with E-state index in [0.29, 0.717) is 22.7 Å². The summed E-state index contributed by atoms with van der Waals surface area (Å²) in [4.78, 5) is 13.5. The predicted octanol–water partition coefficient (Wildman–Crippen LogP) is 5.80. The van der Waals surface area contributed by atoms with E-state index in [0.717, 1.165) is 27.5 Å². The summed E-state index contributed by atoms with van der Waals surface area (Å²) in [6.45, 7) is 3.62. The molecule has 8 heteroatoms. The molecule has 0 fully saturated rings. The van der Waals surface area contributed by atoms with Gasteiger partial charge in [0.25, 0.3) is 15.9 Å². The first-order valence-electron chi connectivity index (χ1n) is 11.9. The van der Waals surface area contributed by atoms with Crippen LogP contribution in [0.3, 0.4) is 0 Å². The maximum Gasteiger partial charge on any atom is 0.267 e. The van der Waals surface area contributed by atoms with E-state index < -0.39 is 22.0 Å². The number of amides is 1. The van der Waals surface area contributed by atoms with E-state index in [1.807, 2.05) is 50.2 Å². The highest BCUT2D eigenvalue weighted by Crippen LogP contribution is 2.38. The normalized spacial score (nSPS) is 15.4. The van der Waals surface area contributed by atoms with Crippen molar-refractivity contribution >= 4 is 49.2 Å². The zero-order valence-electron chi connectivity index (χ0n) is 20.3. The van der Waals surface area contributed by atoms with Crippen molar-refractivity contribution in [1.82, 2.24) is 0 Å². The lowest BCUT2D eigenvalue weighted by molar-refractivity contribution is -0.122. The molecule has 2 heterocycles. The van der Waals surface area contributed by atoms with E-state index >= 15 is 0 Å². The second-order valence-corrected chi connectivity index (χ2v) is 11.1. The minimum Gasteiger partial charge on any atom is -0.476 e. The largest absolute Gasteiger partial charge is 0.476 e. The van der Waals surface area contributed by atoms with Crippen molar-refractivity contribution in [3.05, 3.63) is 96.1 Å². The number of rotatable bonds is 4. The molecule has 6 rings (SSSR count). The molecule has 0 unspecified atom stereocenters. The fourth-order valence-corrected chi connectivity index (χ4v) is 6.07. The Kier molecular flexibility index (Phi) is 5.42. The number of hydrogen-bond acceptors (Lipinski definition) is 5. The van der Waals surface area contributed by atoms with E-state index in [-0.39, 0.29) is 11.4 Å². The molecule has 1 atom stereocenters. The van der Waals surface area contributed by atoms with Gasteiger partial charge in [0, 0.05) is 22.5 Å². The SMILES string of the molecule is Cc1ccc(S(=O)(=O)N2C[C@H](C(=O)Nc3ccc4c(c3)oc3ccccc34)Oc3cc(C)ccc32)cc1. The van der Waals surface area contributed by atoms with Crippen LogP contribution in [-0.2, 0) is 14.8 Å². The van der Waals surface area contributed by atoms with Crippen molar-refractivity contribution in [2.75, 3.05) is 16.2 Å².